The van der Waals surface area contributed by atoms with Crippen LogP contribution in [0.3, 0.4) is 0 Å². The molecular formula is C27H29N3O4. The van der Waals surface area contributed by atoms with Crippen LogP contribution >= 0.6 is 0 Å². The molecule has 5 rings (SSSR count). The maximum absolute atomic E-state index is 10.5. The first-order valence-electron chi connectivity index (χ1n) is 11.8. The number of oxime groups is 2. The van der Waals surface area contributed by atoms with Gasteiger partial charge in [-0.3, -0.25) is 0 Å². The molecule has 176 valence electrons. The Morgan fingerprint density at radius 1 is 1.21 bits per heavy atom. The average molecular weight is 460 g/mol. The van der Waals surface area contributed by atoms with Crippen molar-refractivity contribution in [3.63, 3.8) is 0 Å². The number of rotatable bonds is 4. The number of aromatic hydroxyl groups is 1. The quantitative estimate of drug-likeness (QED) is 0.474. The number of nitriles is 1. The number of phenols is 1. The van der Waals surface area contributed by atoms with E-state index in [-0.39, 0.29) is 11.2 Å². The first-order chi connectivity index (χ1) is 16.5. The van der Waals surface area contributed by atoms with Gasteiger partial charge in [-0.2, -0.15) is 5.26 Å². The molecule has 34 heavy (non-hydrogen) atoms. The highest BCUT2D eigenvalue weighted by Gasteiger charge is 2.54. The van der Waals surface area contributed by atoms with Gasteiger partial charge in [0.25, 0.3) is 0 Å². The molecule has 0 unspecified atom stereocenters. The summed E-state index contributed by atoms with van der Waals surface area (Å²) >= 11 is 0. The number of phenolic OH excluding ortho intramolecular Hbond substituents is 1. The second-order valence-corrected chi connectivity index (χ2v) is 9.85. The van der Waals surface area contributed by atoms with Crippen LogP contribution in [0.2, 0.25) is 0 Å². The molecule has 0 bridgehead atoms. The van der Waals surface area contributed by atoms with E-state index in [4.69, 9.17) is 14.8 Å². The zero-order valence-corrected chi connectivity index (χ0v) is 19.5. The molecule has 3 aliphatic carbocycles. The van der Waals surface area contributed by atoms with Crippen LogP contribution in [0.5, 0.6) is 11.5 Å². The molecule has 2 aromatic carbocycles. The second kappa shape index (κ2) is 8.68. The molecule has 0 heterocycles. The van der Waals surface area contributed by atoms with E-state index >= 15 is 0 Å². The van der Waals surface area contributed by atoms with E-state index < -0.39 is 0 Å². The molecule has 0 spiro atoms. The molecule has 0 radical (unpaired) electrons. The van der Waals surface area contributed by atoms with Gasteiger partial charge in [0.15, 0.2) is 11.5 Å². The number of hydrogen-bond donors (Lipinski definition) is 2. The summed E-state index contributed by atoms with van der Waals surface area (Å²) in [4.78, 5) is 5.77. The number of nitrogens with zero attached hydrogens (tertiary/aromatic N) is 3. The van der Waals surface area contributed by atoms with Crippen molar-refractivity contribution in [1.82, 2.24) is 0 Å². The molecular weight excluding hydrogens is 430 g/mol. The Kier molecular flexibility index (Phi) is 5.68. The van der Waals surface area contributed by atoms with Gasteiger partial charge in [-0.15, -0.1) is 0 Å². The number of ether oxygens (including phenoxy) is 1. The topological polar surface area (TPSA) is 107 Å². The smallest absolute Gasteiger partial charge is 0.160 e. The fourth-order valence-electron chi connectivity index (χ4n) is 6.50. The zero-order chi connectivity index (χ0) is 23.9. The standard InChI is InChI=1S/C27H29N3O4/c1-27-10-9-18-19-13-25(33-2)24(31)12-21(19)23(11-20(18)22(27)7-8-26(27)29-32)30-34-15-17-5-3-16(14-28)4-6-17/h3-6,12-13,18,20,22,31-32H,7-11,15H2,1-2H3/b29-26+,30-23+/t18-,20-,22+,27+/m1/s1. The maximum atomic E-state index is 10.5. The van der Waals surface area contributed by atoms with E-state index in [1.165, 1.54) is 0 Å². The van der Waals surface area contributed by atoms with Crippen LogP contribution in [0.15, 0.2) is 46.7 Å². The highest BCUT2D eigenvalue weighted by molar-refractivity contribution is 6.04. The van der Waals surface area contributed by atoms with Crippen molar-refractivity contribution >= 4 is 11.4 Å². The second-order valence-electron chi connectivity index (χ2n) is 9.85. The van der Waals surface area contributed by atoms with Gasteiger partial charge in [0.1, 0.15) is 6.61 Å². The normalized spacial score (nSPS) is 29.7. The Labute approximate surface area is 199 Å². The minimum Gasteiger partial charge on any atom is -0.504 e. The number of hydrogen-bond acceptors (Lipinski definition) is 7. The number of methoxy groups -OCH3 is 1. The monoisotopic (exact) mass is 459 g/mol. The van der Waals surface area contributed by atoms with Crippen molar-refractivity contribution in [2.75, 3.05) is 7.11 Å². The van der Waals surface area contributed by atoms with E-state index in [2.05, 4.69) is 23.3 Å². The number of fused-ring (bicyclic) bond motifs is 5. The Bertz CT molecular complexity index is 1200. The van der Waals surface area contributed by atoms with Gasteiger partial charge in [0.2, 0.25) is 0 Å². The average Bonchev–Trinajstić information content (AvgIpc) is 3.20. The largest absolute Gasteiger partial charge is 0.504 e. The SMILES string of the molecule is COc1cc2c(cc1O)/C(=N/OCc1ccc(C#N)cc1)C[C@@H]1[C@@H]2CC[C@]2(C)/C(=N/O)CC[C@@H]12. The molecule has 2 saturated carbocycles. The minimum absolute atomic E-state index is 0.0932. The van der Waals surface area contributed by atoms with E-state index in [1.807, 2.05) is 18.2 Å². The summed E-state index contributed by atoms with van der Waals surface area (Å²) in [5.74, 6) is 1.63. The third kappa shape index (κ3) is 3.58. The molecule has 2 aromatic rings. The van der Waals surface area contributed by atoms with Crippen molar-refractivity contribution in [3.8, 4) is 17.6 Å². The first kappa shape index (κ1) is 22.3. The fourth-order valence-corrected chi connectivity index (χ4v) is 6.50. The molecule has 4 atom stereocenters. The lowest BCUT2D eigenvalue weighted by molar-refractivity contribution is 0.103. The summed E-state index contributed by atoms with van der Waals surface area (Å²) in [7, 11) is 1.57. The van der Waals surface area contributed by atoms with Crippen molar-refractivity contribution in [3.05, 3.63) is 58.7 Å². The highest BCUT2D eigenvalue weighted by Crippen LogP contribution is 2.60. The summed E-state index contributed by atoms with van der Waals surface area (Å²) in [6.45, 7) is 2.53. The van der Waals surface area contributed by atoms with Gasteiger partial charge >= 0.3 is 0 Å². The molecule has 3 aliphatic rings. The highest BCUT2D eigenvalue weighted by atomic mass is 16.6. The van der Waals surface area contributed by atoms with Crippen LogP contribution < -0.4 is 4.74 Å². The van der Waals surface area contributed by atoms with Crippen molar-refractivity contribution in [1.29, 1.82) is 5.26 Å². The Hall–Kier alpha value is -3.53. The van der Waals surface area contributed by atoms with Crippen molar-refractivity contribution < 1.29 is 19.9 Å². The third-order valence-electron chi connectivity index (χ3n) is 8.28. The van der Waals surface area contributed by atoms with Gasteiger partial charge in [-0.25, -0.2) is 0 Å². The maximum Gasteiger partial charge on any atom is 0.160 e. The van der Waals surface area contributed by atoms with Crippen LogP contribution in [0.4, 0.5) is 0 Å². The molecule has 2 N–H and O–H groups in total. The van der Waals surface area contributed by atoms with Crippen LogP contribution in [0.25, 0.3) is 0 Å². The van der Waals surface area contributed by atoms with Crippen LogP contribution in [-0.2, 0) is 11.4 Å². The molecule has 0 amide bonds. The summed E-state index contributed by atoms with van der Waals surface area (Å²) in [5.41, 5.74) is 5.24. The van der Waals surface area contributed by atoms with E-state index in [1.54, 1.807) is 25.3 Å². The molecule has 0 aliphatic heterocycles. The minimum atomic E-state index is -0.0944. The van der Waals surface area contributed by atoms with Gasteiger partial charge < -0.3 is 19.9 Å². The van der Waals surface area contributed by atoms with Crippen LogP contribution in [0.1, 0.15) is 67.2 Å². The molecule has 7 heteroatoms. The van der Waals surface area contributed by atoms with E-state index in [0.717, 1.165) is 60.2 Å². The molecule has 2 fully saturated rings. The number of benzene rings is 2. The summed E-state index contributed by atoms with van der Waals surface area (Å²) in [6.07, 6.45) is 4.53. The zero-order valence-electron chi connectivity index (χ0n) is 19.5. The lowest BCUT2D eigenvalue weighted by Crippen LogP contribution is -2.43. The van der Waals surface area contributed by atoms with Crippen molar-refractivity contribution in [2.45, 2.75) is 51.6 Å². The summed E-state index contributed by atoms with van der Waals surface area (Å²) in [5, 5.41) is 37.3. The third-order valence-corrected chi connectivity index (χ3v) is 8.28. The van der Waals surface area contributed by atoms with Crippen LogP contribution in [-0.4, -0.2) is 28.8 Å². The Morgan fingerprint density at radius 2 is 2.00 bits per heavy atom. The fraction of sp³-hybridized carbons (Fsp3) is 0.444. The van der Waals surface area contributed by atoms with Crippen LogP contribution in [0, 0.1) is 28.6 Å². The van der Waals surface area contributed by atoms with Gasteiger partial charge in [-0.05, 0) is 85.3 Å². The van der Waals surface area contributed by atoms with E-state index in [0.29, 0.717) is 35.7 Å². The predicted octanol–water partition coefficient (Wildman–Crippen LogP) is 5.34. The van der Waals surface area contributed by atoms with Gasteiger partial charge in [0, 0.05) is 11.0 Å². The lowest BCUT2D eigenvalue weighted by Gasteiger charge is -2.48. The Balaban J connectivity index is 1.48. The molecule has 0 aromatic heterocycles. The Morgan fingerprint density at radius 3 is 2.71 bits per heavy atom. The summed E-state index contributed by atoms with van der Waals surface area (Å²) in [6, 6.07) is 13.1. The van der Waals surface area contributed by atoms with Gasteiger partial charge in [0.05, 0.1) is 30.2 Å². The lowest BCUT2D eigenvalue weighted by atomic mass is 9.55. The van der Waals surface area contributed by atoms with E-state index in [9.17, 15) is 10.3 Å². The van der Waals surface area contributed by atoms with Crippen molar-refractivity contribution in [2.24, 2.45) is 27.6 Å². The predicted molar refractivity (Wildman–Crippen MR) is 127 cm³/mol. The first-order valence-corrected chi connectivity index (χ1v) is 11.8. The molecule has 0 saturated heterocycles. The van der Waals surface area contributed by atoms with Gasteiger partial charge in [-0.1, -0.05) is 29.4 Å². The molecule has 7 nitrogen and oxygen atoms in total. The summed E-state index contributed by atoms with van der Waals surface area (Å²) < 4.78 is 5.43.